The summed E-state index contributed by atoms with van der Waals surface area (Å²) in [4.78, 5) is 14.0. The molecule has 1 aromatic rings. The van der Waals surface area contributed by atoms with Crippen LogP contribution in [0.4, 0.5) is 0 Å². The van der Waals surface area contributed by atoms with E-state index < -0.39 is 0 Å². The van der Waals surface area contributed by atoms with E-state index in [1.165, 1.54) is 0 Å². The lowest BCUT2D eigenvalue weighted by atomic mass is 10.2. The van der Waals surface area contributed by atoms with Gasteiger partial charge in [0.15, 0.2) is 0 Å². The molecule has 1 saturated heterocycles. The average molecular weight is 319 g/mol. The van der Waals surface area contributed by atoms with E-state index in [9.17, 15) is 9.90 Å². The van der Waals surface area contributed by atoms with Crippen LogP contribution in [0.5, 0.6) is 0 Å². The van der Waals surface area contributed by atoms with Gasteiger partial charge in [0, 0.05) is 16.6 Å². The highest BCUT2D eigenvalue weighted by molar-refractivity contribution is 9.10. The van der Waals surface area contributed by atoms with Gasteiger partial charge in [0.25, 0.3) is 5.91 Å². The molecule has 0 aliphatic carbocycles. The van der Waals surface area contributed by atoms with Gasteiger partial charge in [0.1, 0.15) is 0 Å². The Labute approximate surface area is 114 Å². The summed E-state index contributed by atoms with van der Waals surface area (Å²) in [5.74, 6) is -0.0427. The Morgan fingerprint density at radius 2 is 2.35 bits per heavy atom. The van der Waals surface area contributed by atoms with Crippen LogP contribution >= 0.6 is 27.5 Å². The average Bonchev–Trinajstić information content (AvgIpc) is 2.80. The lowest BCUT2D eigenvalue weighted by Gasteiger charge is -2.23. The zero-order valence-corrected chi connectivity index (χ0v) is 11.5. The third-order valence-electron chi connectivity index (χ3n) is 3.02. The Balaban J connectivity index is 2.21. The summed E-state index contributed by atoms with van der Waals surface area (Å²) in [6.45, 7) is 0.741. The highest BCUT2D eigenvalue weighted by atomic mass is 79.9. The molecule has 1 aliphatic rings. The molecule has 0 spiro atoms. The van der Waals surface area contributed by atoms with Gasteiger partial charge in [-0.05, 0) is 47.0 Å². The second kappa shape index (κ2) is 5.38. The molecule has 1 amide bonds. The van der Waals surface area contributed by atoms with E-state index in [-0.39, 0.29) is 18.6 Å². The minimum atomic E-state index is -0.0445. The van der Waals surface area contributed by atoms with Crippen molar-refractivity contribution in [1.82, 2.24) is 4.90 Å². The van der Waals surface area contributed by atoms with Gasteiger partial charge in [0.05, 0.1) is 17.7 Å². The van der Waals surface area contributed by atoms with Crippen LogP contribution < -0.4 is 0 Å². The Morgan fingerprint density at radius 1 is 1.59 bits per heavy atom. The molecular weight excluding hydrogens is 305 g/mol. The van der Waals surface area contributed by atoms with Crippen LogP contribution in [0, 0.1) is 0 Å². The third kappa shape index (κ3) is 2.64. The maximum absolute atomic E-state index is 12.2. The number of carbonyl (C=O) groups is 1. The number of carbonyl (C=O) groups excluding carboxylic acids is 1. The monoisotopic (exact) mass is 317 g/mol. The summed E-state index contributed by atoms with van der Waals surface area (Å²) in [6, 6.07) is 5.08. The van der Waals surface area contributed by atoms with Crippen molar-refractivity contribution in [1.29, 1.82) is 0 Å². The zero-order valence-electron chi connectivity index (χ0n) is 9.20. The normalized spacial score (nSPS) is 19.7. The molecule has 1 fully saturated rings. The van der Waals surface area contributed by atoms with Crippen molar-refractivity contribution in [2.24, 2.45) is 0 Å². The van der Waals surface area contributed by atoms with Gasteiger partial charge in [0.2, 0.25) is 0 Å². The molecule has 92 valence electrons. The largest absolute Gasteiger partial charge is 0.394 e. The summed E-state index contributed by atoms with van der Waals surface area (Å²) in [5.41, 5.74) is 0.599. The second-order valence-corrected chi connectivity index (χ2v) is 5.37. The Kier molecular flexibility index (Phi) is 4.07. The molecule has 0 saturated carbocycles. The molecule has 1 N–H and O–H groups in total. The molecule has 1 aromatic carbocycles. The smallest absolute Gasteiger partial charge is 0.254 e. The number of nitrogens with zero attached hydrogens (tertiary/aromatic N) is 1. The maximum atomic E-state index is 12.2. The molecule has 5 heteroatoms. The number of rotatable bonds is 2. The lowest BCUT2D eigenvalue weighted by Crippen LogP contribution is -2.37. The molecule has 1 atom stereocenters. The predicted octanol–water partition coefficient (Wildman–Crippen LogP) is 2.70. The first-order valence-corrected chi connectivity index (χ1v) is 6.67. The Bertz CT molecular complexity index is 439. The summed E-state index contributed by atoms with van der Waals surface area (Å²) < 4.78 is 0.713. The van der Waals surface area contributed by atoms with E-state index in [1.807, 2.05) is 0 Å². The number of hydrogen-bond acceptors (Lipinski definition) is 2. The number of benzene rings is 1. The Morgan fingerprint density at radius 3 is 3.00 bits per heavy atom. The van der Waals surface area contributed by atoms with Crippen LogP contribution in [0.2, 0.25) is 5.02 Å². The summed E-state index contributed by atoms with van der Waals surface area (Å²) in [6.07, 6.45) is 1.82. The number of amides is 1. The molecule has 3 nitrogen and oxygen atoms in total. The van der Waals surface area contributed by atoms with Crippen molar-refractivity contribution in [3.63, 3.8) is 0 Å². The zero-order chi connectivity index (χ0) is 12.4. The van der Waals surface area contributed by atoms with E-state index >= 15 is 0 Å². The highest BCUT2D eigenvalue weighted by Crippen LogP contribution is 2.25. The van der Waals surface area contributed by atoms with Gasteiger partial charge in [-0.3, -0.25) is 4.79 Å². The molecule has 0 radical (unpaired) electrons. The number of aliphatic hydroxyl groups is 1. The van der Waals surface area contributed by atoms with Gasteiger partial charge in [-0.15, -0.1) is 0 Å². The predicted molar refractivity (Wildman–Crippen MR) is 70.3 cm³/mol. The molecule has 17 heavy (non-hydrogen) atoms. The third-order valence-corrected chi connectivity index (χ3v) is 4.23. The number of hydrogen-bond donors (Lipinski definition) is 1. The fourth-order valence-corrected chi connectivity index (χ4v) is 2.58. The topological polar surface area (TPSA) is 40.5 Å². The minimum absolute atomic E-state index is 0.0283. The standard InChI is InChI=1S/C12H13BrClNO2/c13-10-6-8(3-4-11(10)14)12(17)15-5-1-2-9(15)7-16/h3-4,6,9,16H,1-2,5,7H2. The fourth-order valence-electron chi connectivity index (χ4n) is 2.09. The molecule has 1 heterocycles. The van der Waals surface area contributed by atoms with E-state index in [4.69, 9.17) is 11.6 Å². The number of aliphatic hydroxyl groups excluding tert-OH is 1. The van der Waals surface area contributed by atoms with E-state index in [0.717, 1.165) is 12.8 Å². The van der Waals surface area contributed by atoms with Crippen LogP contribution in [-0.4, -0.2) is 35.1 Å². The van der Waals surface area contributed by atoms with Crippen LogP contribution in [0.3, 0.4) is 0 Å². The molecule has 2 rings (SSSR count). The first-order valence-electron chi connectivity index (χ1n) is 5.50. The number of likely N-dealkylation sites (tertiary alicyclic amines) is 1. The minimum Gasteiger partial charge on any atom is -0.394 e. The van der Waals surface area contributed by atoms with Gasteiger partial charge in [-0.1, -0.05) is 11.6 Å². The van der Waals surface area contributed by atoms with E-state index in [0.29, 0.717) is 21.6 Å². The van der Waals surface area contributed by atoms with Crippen molar-refractivity contribution in [3.05, 3.63) is 33.3 Å². The van der Waals surface area contributed by atoms with Gasteiger partial charge in [-0.2, -0.15) is 0 Å². The van der Waals surface area contributed by atoms with Crippen molar-refractivity contribution in [2.75, 3.05) is 13.2 Å². The molecule has 1 unspecified atom stereocenters. The van der Waals surface area contributed by atoms with E-state index in [2.05, 4.69) is 15.9 Å². The molecule has 0 bridgehead atoms. The van der Waals surface area contributed by atoms with Crippen LogP contribution in [-0.2, 0) is 0 Å². The molecule has 0 aromatic heterocycles. The fraction of sp³-hybridized carbons (Fsp3) is 0.417. The number of halogens is 2. The van der Waals surface area contributed by atoms with Gasteiger partial charge < -0.3 is 10.0 Å². The van der Waals surface area contributed by atoms with Gasteiger partial charge >= 0.3 is 0 Å². The van der Waals surface area contributed by atoms with Crippen LogP contribution in [0.25, 0.3) is 0 Å². The first kappa shape index (κ1) is 12.9. The van der Waals surface area contributed by atoms with Crippen molar-refractivity contribution in [3.8, 4) is 0 Å². The molecule has 1 aliphatic heterocycles. The summed E-state index contributed by atoms with van der Waals surface area (Å²) in [5, 5.41) is 9.79. The first-order chi connectivity index (χ1) is 8.13. The summed E-state index contributed by atoms with van der Waals surface area (Å²) >= 11 is 9.19. The maximum Gasteiger partial charge on any atom is 0.254 e. The quantitative estimate of drug-likeness (QED) is 0.911. The molecular formula is C12H13BrClNO2. The van der Waals surface area contributed by atoms with Gasteiger partial charge in [-0.25, -0.2) is 0 Å². The second-order valence-electron chi connectivity index (χ2n) is 4.11. The van der Waals surface area contributed by atoms with E-state index in [1.54, 1.807) is 23.1 Å². The lowest BCUT2D eigenvalue weighted by molar-refractivity contribution is 0.0677. The van der Waals surface area contributed by atoms with Crippen molar-refractivity contribution >= 4 is 33.4 Å². The van der Waals surface area contributed by atoms with Crippen LogP contribution in [0.1, 0.15) is 23.2 Å². The van der Waals surface area contributed by atoms with Crippen molar-refractivity contribution < 1.29 is 9.90 Å². The SMILES string of the molecule is O=C(c1ccc(Cl)c(Br)c1)N1CCCC1CO. The van der Waals surface area contributed by atoms with Crippen molar-refractivity contribution in [2.45, 2.75) is 18.9 Å². The summed E-state index contributed by atoms with van der Waals surface area (Å²) in [7, 11) is 0. The highest BCUT2D eigenvalue weighted by Gasteiger charge is 2.28. The Hall–Kier alpha value is -0.580. The van der Waals surface area contributed by atoms with Crippen LogP contribution in [0.15, 0.2) is 22.7 Å².